The van der Waals surface area contributed by atoms with Crippen LogP contribution >= 0.6 is 0 Å². The van der Waals surface area contributed by atoms with Gasteiger partial charge in [-0.1, -0.05) is 32.9 Å². The molecular formula is C25H36O5Si. The SMILES string of the molecule is COc1ccc(COCC2=CC(=O)O[C@@H]3C=C(C)[C@H](O[Si](C)(C)C(C)(C)C)C[C@H]23)cc1. The predicted octanol–water partition coefficient (Wildman–Crippen LogP) is 5.42. The van der Waals surface area contributed by atoms with Gasteiger partial charge in [0.25, 0.3) is 0 Å². The Morgan fingerprint density at radius 3 is 2.42 bits per heavy atom. The second kappa shape index (κ2) is 9.31. The van der Waals surface area contributed by atoms with Gasteiger partial charge in [-0.2, -0.15) is 0 Å². The third-order valence-corrected chi connectivity index (χ3v) is 11.3. The predicted molar refractivity (Wildman–Crippen MR) is 125 cm³/mol. The van der Waals surface area contributed by atoms with Crippen molar-refractivity contribution >= 4 is 14.3 Å². The highest BCUT2D eigenvalue weighted by Crippen LogP contribution is 2.42. The van der Waals surface area contributed by atoms with Crippen molar-refractivity contribution in [3.8, 4) is 5.75 Å². The van der Waals surface area contributed by atoms with Crippen LogP contribution in [-0.4, -0.2) is 40.2 Å². The summed E-state index contributed by atoms with van der Waals surface area (Å²) in [7, 11) is -0.261. The number of carbonyl (C=O) groups is 1. The first-order chi connectivity index (χ1) is 14.5. The standard InChI is InChI=1S/C25H36O5Si/c1-17-12-23-21(14-22(17)30-31(6,7)25(2,3)4)19(13-24(26)29-23)16-28-15-18-8-10-20(27-5)11-9-18/h8-13,21-23H,14-16H2,1-7H3/t21-,22-,23-/m1/s1. The zero-order valence-corrected chi connectivity index (χ0v) is 20.9. The van der Waals surface area contributed by atoms with Crippen LogP contribution in [0, 0.1) is 5.92 Å². The molecule has 1 aliphatic heterocycles. The molecule has 1 aromatic carbocycles. The van der Waals surface area contributed by atoms with Gasteiger partial charge in [0.1, 0.15) is 11.9 Å². The van der Waals surface area contributed by atoms with E-state index in [4.69, 9.17) is 18.6 Å². The van der Waals surface area contributed by atoms with Crippen LogP contribution in [0.3, 0.4) is 0 Å². The van der Waals surface area contributed by atoms with E-state index < -0.39 is 8.32 Å². The molecule has 2 aliphatic rings. The van der Waals surface area contributed by atoms with E-state index in [0.29, 0.717) is 13.2 Å². The monoisotopic (exact) mass is 444 g/mol. The molecule has 6 heteroatoms. The fraction of sp³-hybridized carbons (Fsp3) is 0.560. The van der Waals surface area contributed by atoms with Crippen LogP contribution in [0.5, 0.6) is 5.75 Å². The van der Waals surface area contributed by atoms with Crippen molar-refractivity contribution in [1.82, 2.24) is 0 Å². The van der Waals surface area contributed by atoms with Crippen molar-refractivity contribution in [3.63, 3.8) is 0 Å². The van der Waals surface area contributed by atoms with Crippen molar-refractivity contribution in [3.05, 3.63) is 53.1 Å². The molecule has 0 aromatic heterocycles. The number of fused-ring (bicyclic) bond motifs is 1. The summed E-state index contributed by atoms with van der Waals surface area (Å²) in [5.74, 6) is 0.616. The highest BCUT2D eigenvalue weighted by atomic mass is 28.4. The number of hydrogen-bond acceptors (Lipinski definition) is 5. The average Bonchev–Trinajstić information content (AvgIpc) is 2.68. The third-order valence-electron chi connectivity index (χ3n) is 6.77. The lowest BCUT2D eigenvalue weighted by Gasteiger charge is -2.43. The molecule has 1 aromatic rings. The highest BCUT2D eigenvalue weighted by Gasteiger charge is 2.43. The van der Waals surface area contributed by atoms with Crippen LogP contribution in [-0.2, 0) is 25.3 Å². The maximum absolute atomic E-state index is 12.2. The molecule has 0 fully saturated rings. The summed E-state index contributed by atoms with van der Waals surface area (Å²) < 4.78 is 23.5. The first-order valence-corrected chi connectivity index (χ1v) is 13.9. The molecule has 0 amide bonds. The summed E-state index contributed by atoms with van der Waals surface area (Å²) in [6, 6.07) is 7.81. The van der Waals surface area contributed by atoms with Crippen molar-refractivity contribution in [2.45, 2.75) is 71.1 Å². The molecule has 0 bridgehead atoms. The molecule has 1 aliphatic carbocycles. The molecule has 0 radical (unpaired) electrons. The number of methoxy groups -OCH3 is 1. The Morgan fingerprint density at radius 1 is 1.13 bits per heavy atom. The lowest BCUT2D eigenvalue weighted by atomic mass is 9.80. The lowest BCUT2D eigenvalue weighted by Crippen LogP contribution is -2.47. The van der Waals surface area contributed by atoms with Gasteiger partial charge in [-0.05, 0) is 66.4 Å². The number of rotatable bonds is 7. The van der Waals surface area contributed by atoms with Crippen LogP contribution in [0.15, 0.2) is 47.6 Å². The summed E-state index contributed by atoms with van der Waals surface area (Å²) in [5, 5.41) is 0.142. The van der Waals surface area contributed by atoms with Gasteiger partial charge in [-0.25, -0.2) is 4.79 Å². The summed E-state index contributed by atoms with van der Waals surface area (Å²) in [5.41, 5.74) is 3.21. The summed E-state index contributed by atoms with van der Waals surface area (Å²) in [6.45, 7) is 14.3. The quantitative estimate of drug-likeness (QED) is 0.319. The van der Waals surface area contributed by atoms with Gasteiger partial charge >= 0.3 is 5.97 Å². The van der Waals surface area contributed by atoms with Gasteiger partial charge in [0, 0.05) is 12.0 Å². The number of hydrogen-bond donors (Lipinski definition) is 0. The van der Waals surface area contributed by atoms with E-state index in [1.807, 2.05) is 24.3 Å². The minimum atomic E-state index is -1.91. The van der Waals surface area contributed by atoms with Gasteiger partial charge in [-0.15, -0.1) is 0 Å². The van der Waals surface area contributed by atoms with Gasteiger partial charge in [0.05, 0.1) is 26.4 Å². The normalized spacial score (nSPS) is 24.1. The number of benzene rings is 1. The third kappa shape index (κ3) is 5.67. The van der Waals surface area contributed by atoms with Crippen LogP contribution in [0.2, 0.25) is 18.1 Å². The van der Waals surface area contributed by atoms with E-state index in [2.05, 4.69) is 46.9 Å². The minimum absolute atomic E-state index is 0.0453. The average molecular weight is 445 g/mol. The van der Waals surface area contributed by atoms with Crippen molar-refractivity contribution < 1.29 is 23.4 Å². The van der Waals surface area contributed by atoms with E-state index in [1.54, 1.807) is 13.2 Å². The van der Waals surface area contributed by atoms with E-state index in [0.717, 1.165) is 28.9 Å². The number of ether oxygens (including phenoxy) is 3. The van der Waals surface area contributed by atoms with E-state index in [-0.39, 0.29) is 29.1 Å². The van der Waals surface area contributed by atoms with Gasteiger partial charge in [0.15, 0.2) is 8.32 Å². The molecule has 0 unspecified atom stereocenters. The van der Waals surface area contributed by atoms with Crippen molar-refractivity contribution in [2.24, 2.45) is 5.92 Å². The van der Waals surface area contributed by atoms with Gasteiger partial charge in [-0.3, -0.25) is 0 Å². The van der Waals surface area contributed by atoms with Crippen LogP contribution < -0.4 is 4.74 Å². The van der Waals surface area contributed by atoms with Crippen molar-refractivity contribution in [2.75, 3.05) is 13.7 Å². The Morgan fingerprint density at radius 2 is 1.81 bits per heavy atom. The Bertz CT molecular complexity index is 848. The Kier molecular flexibility index (Phi) is 7.13. The molecule has 3 atom stereocenters. The molecular weight excluding hydrogens is 408 g/mol. The number of esters is 1. The zero-order valence-electron chi connectivity index (χ0n) is 19.9. The first kappa shape index (κ1) is 23.8. The van der Waals surface area contributed by atoms with E-state index in [9.17, 15) is 4.79 Å². The maximum Gasteiger partial charge on any atom is 0.331 e. The Labute approximate surface area is 187 Å². The molecule has 0 saturated carbocycles. The fourth-order valence-corrected chi connectivity index (χ4v) is 5.12. The highest BCUT2D eigenvalue weighted by molar-refractivity contribution is 6.74. The molecule has 5 nitrogen and oxygen atoms in total. The zero-order chi connectivity index (χ0) is 22.8. The summed E-state index contributed by atoms with van der Waals surface area (Å²) >= 11 is 0. The molecule has 0 spiro atoms. The minimum Gasteiger partial charge on any atom is -0.497 e. The largest absolute Gasteiger partial charge is 0.497 e. The number of carbonyl (C=O) groups excluding carboxylic acids is 1. The molecule has 0 N–H and O–H groups in total. The first-order valence-electron chi connectivity index (χ1n) is 11.0. The molecule has 170 valence electrons. The summed E-state index contributed by atoms with van der Waals surface area (Å²) in [6.07, 6.45) is 4.29. The van der Waals surface area contributed by atoms with Gasteiger partial charge in [0.2, 0.25) is 0 Å². The maximum atomic E-state index is 12.2. The molecule has 3 rings (SSSR count). The van der Waals surface area contributed by atoms with E-state index >= 15 is 0 Å². The van der Waals surface area contributed by atoms with Crippen molar-refractivity contribution in [1.29, 1.82) is 0 Å². The van der Waals surface area contributed by atoms with E-state index in [1.165, 1.54) is 0 Å². The fourth-order valence-electron chi connectivity index (χ4n) is 3.77. The second-order valence-corrected chi connectivity index (χ2v) is 14.8. The van der Waals surface area contributed by atoms with Crippen LogP contribution in [0.1, 0.15) is 39.7 Å². The second-order valence-electron chi connectivity index (χ2n) is 10.1. The molecule has 31 heavy (non-hydrogen) atoms. The lowest BCUT2D eigenvalue weighted by molar-refractivity contribution is -0.145. The Hall–Kier alpha value is -1.89. The summed E-state index contributed by atoms with van der Waals surface area (Å²) in [4.78, 5) is 12.2. The molecule has 0 saturated heterocycles. The smallest absolute Gasteiger partial charge is 0.331 e. The van der Waals surface area contributed by atoms with Gasteiger partial charge < -0.3 is 18.6 Å². The van der Waals surface area contributed by atoms with Crippen LogP contribution in [0.25, 0.3) is 0 Å². The topological polar surface area (TPSA) is 54.0 Å². The Balaban J connectivity index is 1.68. The van der Waals surface area contributed by atoms with Crippen LogP contribution in [0.4, 0.5) is 0 Å². The molecule has 1 heterocycles.